The summed E-state index contributed by atoms with van der Waals surface area (Å²) in [6.07, 6.45) is 0. The van der Waals surface area contributed by atoms with E-state index >= 15 is 0 Å². The third kappa shape index (κ3) is 3.92. The van der Waals surface area contributed by atoms with E-state index in [1.54, 1.807) is 0 Å². The molecule has 0 N–H and O–H groups in total. The number of esters is 1. The Morgan fingerprint density at radius 3 is 2.29 bits per heavy atom. The predicted octanol–water partition coefficient (Wildman–Crippen LogP) is 3.51. The molecule has 0 saturated heterocycles. The van der Waals surface area contributed by atoms with E-state index in [2.05, 4.69) is 42.2 Å². The smallest absolute Gasteiger partial charge is 0.337 e. The van der Waals surface area contributed by atoms with Gasteiger partial charge in [-0.25, -0.2) is 4.79 Å². The first-order chi connectivity index (χ1) is 9.99. The van der Waals surface area contributed by atoms with Crippen molar-refractivity contribution in [2.45, 2.75) is 13.5 Å². The minimum absolute atomic E-state index is 0.302. The van der Waals surface area contributed by atoms with Crippen LogP contribution in [0, 0.1) is 6.92 Å². The van der Waals surface area contributed by atoms with Crippen LogP contribution in [0.3, 0.4) is 0 Å². The number of carbonyl (C=O) groups is 1. The maximum atomic E-state index is 11.9. The summed E-state index contributed by atoms with van der Waals surface area (Å²) in [6.45, 7) is 2.84. The first-order valence-corrected chi connectivity index (χ1v) is 6.93. The zero-order valence-electron chi connectivity index (χ0n) is 13.0. The van der Waals surface area contributed by atoms with Gasteiger partial charge in [0.15, 0.2) is 0 Å². The van der Waals surface area contributed by atoms with Crippen molar-refractivity contribution < 1.29 is 9.53 Å². The van der Waals surface area contributed by atoms with E-state index in [-0.39, 0.29) is 5.97 Å². The first kappa shape index (κ1) is 15.3. The van der Waals surface area contributed by atoms with E-state index in [9.17, 15) is 4.79 Å². The van der Waals surface area contributed by atoms with Crippen LogP contribution in [0.1, 0.15) is 21.5 Å². The molecular weight excluding hydrogens is 262 g/mol. The van der Waals surface area contributed by atoms with Crippen molar-refractivity contribution in [1.29, 1.82) is 0 Å². The normalized spacial score (nSPS) is 10.7. The zero-order valence-corrected chi connectivity index (χ0v) is 13.0. The molecule has 0 saturated carbocycles. The van der Waals surface area contributed by atoms with Gasteiger partial charge >= 0.3 is 5.97 Å². The lowest BCUT2D eigenvalue weighted by molar-refractivity contribution is 0.0600. The predicted molar refractivity (Wildman–Crippen MR) is 85.3 cm³/mol. The minimum Gasteiger partial charge on any atom is -0.465 e. The van der Waals surface area contributed by atoms with Crippen molar-refractivity contribution in [3.63, 3.8) is 0 Å². The number of methoxy groups -OCH3 is 1. The number of rotatable bonds is 4. The molecule has 0 aromatic heterocycles. The topological polar surface area (TPSA) is 29.5 Å². The van der Waals surface area contributed by atoms with Gasteiger partial charge in [-0.2, -0.15) is 0 Å². The molecule has 0 aliphatic heterocycles. The molecule has 0 unspecified atom stereocenters. The molecule has 3 heteroatoms. The summed E-state index contributed by atoms with van der Waals surface area (Å²) in [5, 5.41) is 0. The van der Waals surface area contributed by atoms with Crippen LogP contribution < -0.4 is 0 Å². The lowest BCUT2D eigenvalue weighted by atomic mass is 9.99. The number of hydrogen-bond donors (Lipinski definition) is 0. The van der Waals surface area contributed by atoms with E-state index in [0.29, 0.717) is 5.56 Å². The maximum Gasteiger partial charge on any atom is 0.337 e. The van der Waals surface area contributed by atoms with Gasteiger partial charge in [-0.3, -0.25) is 0 Å². The molecule has 0 aliphatic carbocycles. The van der Waals surface area contributed by atoms with Crippen LogP contribution in [-0.4, -0.2) is 32.1 Å². The quantitative estimate of drug-likeness (QED) is 0.804. The van der Waals surface area contributed by atoms with Crippen molar-refractivity contribution in [3.8, 4) is 11.1 Å². The molecule has 0 bridgehead atoms. The Morgan fingerprint density at radius 1 is 1.05 bits per heavy atom. The highest BCUT2D eigenvalue weighted by molar-refractivity contribution is 5.91. The van der Waals surface area contributed by atoms with Crippen LogP contribution in [0.15, 0.2) is 42.5 Å². The van der Waals surface area contributed by atoms with E-state index < -0.39 is 0 Å². The van der Waals surface area contributed by atoms with Crippen LogP contribution in [-0.2, 0) is 11.3 Å². The fourth-order valence-corrected chi connectivity index (χ4v) is 2.30. The molecule has 0 radical (unpaired) electrons. The average Bonchev–Trinajstić information content (AvgIpc) is 2.46. The van der Waals surface area contributed by atoms with Gasteiger partial charge in [0.25, 0.3) is 0 Å². The molecule has 0 heterocycles. The highest BCUT2D eigenvalue weighted by atomic mass is 16.5. The van der Waals surface area contributed by atoms with Gasteiger partial charge in [0, 0.05) is 6.54 Å². The van der Waals surface area contributed by atoms with Gasteiger partial charge in [0.2, 0.25) is 0 Å². The van der Waals surface area contributed by atoms with Gasteiger partial charge < -0.3 is 9.64 Å². The Kier molecular flexibility index (Phi) is 4.76. The van der Waals surface area contributed by atoms with Crippen molar-refractivity contribution in [2.75, 3.05) is 21.2 Å². The lowest BCUT2D eigenvalue weighted by Gasteiger charge is -2.13. The second-order valence-electron chi connectivity index (χ2n) is 5.51. The molecule has 0 spiro atoms. The van der Waals surface area contributed by atoms with Crippen molar-refractivity contribution in [3.05, 3.63) is 59.2 Å². The summed E-state index contributed by atoms with van der Waals surface area (Å²) >= 11 is 0. The van der Waals surface area contributed by atoms with Gasteiger partial charge in [-0.05, 0) is 55.9 Å². The van der Waals surface area contributed by atoms with Crippen molar-refractivity contribution in [1.82, 2.24) is 4.90 Å². The second kappa shape index (κ2) is 6.55. The summed E-state index contributed by atoms with van der Waals surface area (Å²) in [7, 11) is 5.43. The number of carbonyl (C=O) groups excluding carboxylic acids is 1. The molecule has 2 rings (SSSR count). The number of aryl methyl sites for hydroxylation is 1. The SMILES string of the molecule is COC(=O)c1cc(CN(C)C)cc(-c2ccc(C)cc2)c1. The Balaban J connectivity index is 2.48. The van der Waals surface area contributed by atoms with Crippen LogP contribution in [0.2, 0.25) is 0 Å². The average molecular weight is 283 g/mol. The third-order valence-electron chi connectivity index (χ3n) is 3.30. The Morgan fingerprint density at radius 2 is 1.71 bits per heavy atom. The summed E-state index contributed by atoms with van der Waals surface area (Å²) < 4.78 is 4.85. The van der Waals surface area contributed by atoms with E-state index in [1.165, 1.54) is 12.7 Å². The molecule has 3 nitrogen and oxygen atoms in total. The molecule has 0 amide bonds. The molecule has 2 aromatic rings. The molecule has 0 fully saturated rings. The maximum absolute atomic E-state index is 11.9. The van der Waals surface area contributed by atoms with Crippen LogP contribution in [0.25, 0.3) is 11.1 Å². The molecule has 110 valence electrons. The standard InChI is InChI=1S/C18H21NO2/c1-13-5-7-15(8-6-13)16-9-14(12-19(2)3)10-17(11-16)18(20)21-4/h5-11H,12H2,1-4H3. The highest BCUT2D eigenvalue weighted by Crippen LogP contribution is 2.24. The number of nitrogens with zero attached hydrogens (tertiary/aromatic N) is 1. The molecule has 2 aromatic carbocycles. The zero-order chi connectivity index (χ0) is 15.4. The molecule has 0 atom stereocenters. The molecular formula is C18H21NO2. The lowest BCUT2D eigenvalue weighted by Crippen LogP contribution is -2.12. The number of hydrogen-bond acceptors (Lipinski definition) is 3. The Bertz CT molecular complexity index is 630. The third-order valence-corrected chi connectivity index (χ3v) is 3.30. The van der Waals surface area contributed by atoms with Gasteiger partial charge in [-0.1, -0.05) is 29.8 Å². The number of benzene rings is 2. The van der Waals surface area contributed by atoms with E-state index in [4.69, 9.17) is 4.74 Å². The van der Waals surface area contributed by atoms with Crippen LogP contribution in [0.4, 0.5) is 0 Å². The fourth-order valence-electron chi connectivity index (χ4n) is 2.30. The summed E-state index contributed by atoms with van der Waals surface area (Å²) in [5.41, 5.74) is 5.04. The highest BCUT2D eigenvalue weighted by Gasteiger charge is 2.10. The Labute approximate surface area is 126 Å². The monoisotopic (exact) mass is 283 g/mol. The molecule has 0 aliphatic rings. The second-order valence-corrected chi connectivity index (χ2v) is 5.51. The van der Waals surface area contributed by atoms with Crippen LogP contribution in [0.5, 0.6) is 0 Å². The Hall–Kier alpha value is -2.13. The number of ether oxygens (including phenoxy) is 1. The van der Waals surface area contributed by atoms with Gasteiger partial charge in [-0.15, -0.1) is 0 Å². The first-order valence-electron chi connectivity index (χ1n) is 6.93. The van der Waals surface area contributed by atoms with E-state index in [0.717, 1.165) is 23.2 Å². The van der Waals surface area contributed by atoms with Gasteiger partial charge in [0.05, 0.1) is 12.7 Å². The summed E-state index contributed by atoms with van der Waals surface area (Å²) in [4.78, 5) is 13.9. The summed E-state index contributed by atoms with van der Waals surface area (Å²) in [6, 6.07) is 14.2. The fraction of sp³-hybridized carbons (Fsp3) is 0.278. The van der Waals surface area contributed by atoms with E-state index in [1.807, 2.05) is 26.2 Å². The van der Waals surface area contributed by atoms with Crippen LogP contribution >= 0.6 is 0 Å². The molecule has 21 heavy (non-hydrogen) atoms. The van der Waals surface area contributed by atoms with Crippen molar-refractivity contribution >= 4 is 5.97 Å². The van der Waals surface area contributed by atoms with Crippen molar-refractivity contribution in [2.24, 2.45) is 0 Å². The summed E-state index contributed by atoms with van der Waals surface area (Å²) in [5.74, 6) is -0.302. The van der Waals surface area contributed by atoms with Gasteiger partial charge in [0.1, 0.15) is 0 Å². The largest absolute Gasteiger partial charge is 0.465 e. The minimum atomic E-state index is -0.302.